The van der Waals surface area contributed by atoms with Crippen molar-refractivity contribution in [2.45, 2.75) is 18.4 Å². The molecule has 3 heteroatoms. The molecule has 54 valence electrons. The SMILES string of the molecule is Cn1ccc([C@H]2C[C@H]2N)n1. The van der Waals surface area contributed by atoms with Crippen molar-refractivity contribution in [1.82, 2.24) is 9.78 Å². The second kappa shape index (κ2) is 1.83. The van der Waals surface area contributed by atoms with Gasteiger partial charge in [0.25, 0.3) is 0 Å². The molecule has 2 rings (SSSR count). The molecule has 0 aliphatic heterocycles. The zero-order valence-electron chi connectivity index (χ0n) is 5.99. The molecule has 1 heterocycles. The molecule has 1 fully saturated rings. The lowest BCUT2D eigenvalue weighted by Gasteiger charge is -1.88. The highest BCUT2D eigenvalue weighted by Crippen LogP contribution is 2.37. The van der Waals surface area contributed by atoms with E-state index in [0.717, 1.165) is 12.1 Å². The molecule has 0 aromatic carbocycles. The Bertz CT molecular complexity index is 241. The Hall–Kier alpha value is -0.830. The van der Waals surface area contributed by atoms with Gasteiger partial charge in [-0.3, -0.25) is 4.68 Å². The fourth-order valence-corrected chi connectivity index (χ4v) is 1.19. The van der Waals surface area contributed by atoms with E-state index in [1.165, 1.54) is 0 Å². The summed E-state index contributed by atoms with van der Waals surface area (Å²) in [5.41, 5.74) is 6.81. The second-order valence-electron chi connectivity index (χ2n) is 2.92. The van der Waals surface area contributed by atoms with Crippen LogP contribution in [0.2, 0.25) is 0 Å². The van der Waals surface area contributed by atoms with Crippen molar-refractivity contribution >= 4 is 0 Å². The van der Waals surface area contributed by atoms with Gasteiger partial charge in [-0.2, -0.15) is 5.10 Å². The molecule has 1 saturated carbocycles. The maximum absolute atomic E-state index is 5.66. The topological polar surface area (TPSA) is 43.8 Å². The summed E-state index contributed by atoms with van der Waals surface area (Å²) in [6.45, 7) is 0. The minimum atomic E-state index is 0.370. The van der Waals surface area contributed by atoms with E-state index >= 15 is 0 Å². The molecular weight excluding hydrogens is 126 g/mol. The number of nitrogens with zero attached hydrogens (tertiary/aromatic N) is 2. The van der Waals surface area contributed by atoms with Crippen molar-refractivity contribution in [3.8, 4) is 0 Å². The average molecular weight is 137 g/mol. The minimum absolute atomic E-state index is 0.370. The maximum atomic E-state index is 5.66. The van der Waals surface area contributed by atoms with Crippen molar-refractivity contribution in [3.63, 3.8) is 0 Å². The van der Waals surface area contributed by atoms with Crippen molar-refractivity contribution in [3.05, 3.63) is 18.0 Å². The number of hydrogen-bond acceptors (Lipinski definition) is 2. The molecule has 1 aliphatic rings. The van der Waals surface area contributed by atoms with E-state index < -0.39 is 0 Å². The number of aryl methyl sites for hydroxylation is 1. The molecule has 1 aliphatic carbocycles. The number of nitrogens with two attached hydrogens (primary N) is 1. The molecule has 1 aromatic heterocycles. The maximum Gasteiger partial charge on any atom is 0.0671 e. The van der Waals surface area contributed by atoms with Crippen LogP contribution < -0.4 is 5.73 Å². The molecule has 2 N–H and O–H groups in total. The predicted octanol–water partition coefficient (Wildman–Crippen LogP) is 0.235. The lowest BCUT2D eigenvalue weighted by atomic mass is 10.3. The van der Waals surface area contributed by atoms with Crippen molar-refractivity contribution in [1.29, 1.82) is 0 Å². The van der Waals surface area contributed by atoms with Crippen LogP contribution in [0.5, 0.6) is 0 Å². The normalized spacial score (nSPS) is 30.6. The van der Waals surface area contributed by atoms with Gasteiger partial charge in [0.15, 0.2) is 0 Å². The summed E-state index contributed by atoms with van der Waals surface area (Å²) in [5.74, 6) is 0.543. The lowest BCUT2D eigenvalue weighted by Crippen LogP contribution is -2.01. The number of rotatable bonds is 1. The second-order valence-corrected chi connectivity index (χ2v) is 2.92. The first-order valence-corrected chi connectivity index (χ1v) is 3.52. The first-order valence-electron chi connectivity index (χ1n) is 3.52. The first-order chi connectivity index (χ1) is 4.77. The van der Waals surface area contributed by atoms with Gasteiger partial charge in [-0.05, 0) is 12.5 Å². The molecule has 0 saturated heterocycles. The van der Waals surface area contributed by atoms with Crippen LogP contribution in [0.3, 0.4) is 0 Å². The van der Waals surface area contributed by atoms with Crippen molar-refractivity contribution < 1.29 is 0 Å². The molecule has 10 heavy (non-hydrogen) atoms. The Morgan fingerprint density at radius 3 is 2.90 bits per heavy atom. The van der Waals surface area contributed by atoms with Crippen LogP contribution >= 0.6 is 0 Å². The van der Waals surface area contributed by atoms with Gasteiger partial charge < -0.3 is 5.73 Å². The minimum Gasteiger partial charge on any atom is -0.327 e. The highest BCUT2D eigenvalue weighted by molar-refractivity contribution is 5.18. The van der Waals surface area contributed by atoms with Crippen LogP contribution in [0.4, 0.5) is 0 Å². The molecule has 0 unspecified atom stereocenters. The smallest absolute Gasteiger partial charge is 0.0671 e. The van der Waals surface area contributed by atoms with Crippen LogP contribution in [-0.2, 0) is 7.05 Å². The van der Waals surface area contributed by atoms with Crippen molar-refractivity contribution in [2.75, 3.05) is 0 Å². The standard InChI is InChI=1S/C7H11N3/c1-10-3-2-7(9-10)5-4-6(5)8/h2-3,5-6H,4,8H2,1H3/t5-,6+/m0/s1. The highest BCUT2D eigenvalue weighted by Gasteiger charge is 2.36. The van der Waals surface area contributed by atoms with E-state index in [1.807, 2.05) is 24.0 Å². The van der Waals surface area contributed by atoms with E-state index in [1.54, 1.807) is 0 Å². The largest absolute Gasteiger partial charge is 0.327 e. The van der Waals surface area contributed by atoms with Gasteiger partial charge >= 0.3 is 0 Å². The third-order valence-corrected chi connectivity index (χ3v) is 1.95. The fraction of sp³-hybridized carbons (Fsp3) is 0.571. The third-order valence-electron chi connectivity index (χ3n) is 1.95. The van der Waals surface area contributed by atoms with E-state index in [4.69, 9.17) is 5.73 Å². The summed E-state index contributed by atoms with van der Waals surface area (Å²) in [6.07, 6.45) is 3.07. The van der Waals surface area contributed by atoms with Crippen LogP contribution in [0.15, 0.2) is 12.3 Å². The van der Waals surface area contributed by atoms with Crippen LogP contribution in [-0.4, -0.2) is 15.8 Å². The molecule has 3 nitrogen and oxygen atoms in total. The summed E-state index contributed by atoms with van der Waals surface area (Å²) in [5, 5.41) is 4.26. The van der Waals surface area contributed by atoms with E-state index in [-0.39, 0.29) is 0 Å². The van der Waals surface area contributed by atoms with Crippen molar-refractivity contribution in [2.24, 2.45) is 12.8 Å². The molecule has 0 radical (unpaired) electrons. The van der Waals surface area contributed by atoms with Gasteiger partial charge in [-0.25, -0.2) is 0 Å². The van der Waals surface area contributed by atoms with Crippen LogP contribution in [0.25, 0.3) is 0 Å². The Labute approximate surface area is 59.8 Å². The molecule has 1 aromatic rings. The zero-order chi connectivity index (χ0) is 7.14. The van der Waals surface area contributed by atoms with E-state index in [9.17, 15) is 0 Å². The Kier molecular flexibility index (Phi) is 1.08. The average Bonchev–Trinajstić information content (AvgIpc) is 2.42. The first kappa shape index (κ1) is 5.92. The molecule has 2 atom stereocenters. The Balaban J connectivity index is 2.20. The zero-order valence-corrected chi connectivity index (χ0v) is 5.99. The van der Waals surface area contributed by atoms with Gasteiger partial charge in [0.1, 0.15) is 0 Å². The monoisotopic (exact) mass is 137 g/mol. The number of aromatic nitrogens is 2. The quantitative estimate of drug-likeness (QED) is 0.602. The van der Waals surface area contributed by atoms with Gasteiger partial charge in [0.05, 0.1) is 5.69 Å². The van der Waals surface area contributed by atoms with Crippen LogP contribution in [0, 0.1) is 0 Å². The summed E-state index contributed by atoms with van der Waals surface area (Å²) in [6, 6.07) is 2.41. The van der Waals surface area contributed by atoms with Gasteiger partial charge in [-0.15, -0.1) is 0 Å². The summed E-state index contributed by atoms with van der Waals surface area (Å²) < 4.78 is 1.82. The summed E-state index contributed by atoms with van der Waals surface area (Å²) >= 11 is 0. The molecular formula is C7H11N3. The molecule has 0 spiro atoms. The lowest BCUT2D eigenvalue weighted by molar-refractivity contribution is 0.740. The van der Waals surface area contributed by atoms with Gasteiger partial charge in [0.2, 0.25) is 0 Å². The summed E-state index contributed by atoms with van der Waals surface area (Å²) in [4.78, 5) is 0. The fourth-order valence-electron chi connectivity index (χ4n) is 1.19. The predicted molar refractivity (Wildman–Crippen MR) is 38.5 cm³/mol. The highest BCUT2D eigenvalue weighted by atomic mass is 15.3. The third kappa shape index (κ3) is 0.827. The van der Waals surface area contributed by atoms with Crippen LogP contribution in [0.1, 0.15) is 18.0 Å². The Morgan fingerprint density at radius 1 is 1.80 bits per heavy atom. The van der Waals surface area contributed by atoms with E-state index in [0.29, 0.717) is 12.0 Å². The molecule has 0 amide bonds. The van der Waals surface area contributed by atoms with Gasteiger partial charge in [-0.1, -0.05) is 0 Å². The Morgan fingerprint density at radius 2 is 2.50 bits per heavy atom. The van der Waals surface area contributed by atoms with Gasteiger partial charge in [0, 0.05) is 25.2 Å². The van der Waals surface area contributed by atoms with E-state index in [2.05, 4.69) is 5.10 Å². The molecule has 0 bridgehead atoms. The number of hydrogen-bond donors (Lipinski definition) is 1. The summed E-state index contributed by atoms with van der Waals surface area (Å²) in [7, 11) is 1.93.